The Hall–Kier alpha value is -1.76. The van der Waals surface area contributed by atoms with Crippen LogP contribution >= 0.6 is 0 Å². The standard InChI is InChI=1S/C19H23N/c1-14-10-12-16(13-11-14)20-19-9-4-3-7-17-15(2)6-5-8-18(17)19/h5-6,8,10-13,19-20H,3-4,7,9H2,1-2H3. The Morgan fingerprint density at radius 3 is 2.55 bits per heavy atom. The fourth-order valence-corrected chi connectivity index (χ4v) is 3.20. The second-order valence-electron chi connectivity index (χ2n) is 5.95. The predicted octanol–water partition coefficient (Wildman–Crippen LogP) is 5.18. The van der Waals surface area contributed by atoms with Gasteiger partial charge in [-0.15, -0.1) is 0 Å². The van der Waals surface area contributed by atoms with Crippen LogP contribution < -0.4 is 5.32 Å². The number of fused-ring (bicyclic) bond motifs is 1. The highest BCUT2D eigenvalue weighted by Gasteiger charge is 2.19. The van der Waals surface area contributed by atoms with Crippen molar-refractivity contribution in [2.75, 3.05) is 5.32 Å². The van der Waals surface area contributed by atoms with Crippen molar-refractivity contribution in [3.05, 3.63) is 64.7 Å². The fraction of sp³-hybridized carbons (Fsp3) is 0.368. The molecule has 0 aliphatic heterocycles. The van der Waals surface area contributed by atoms with Gasteiger partial charge in [0.2, 0.25) is 0 Å². The Morgan fingerprint density at radius 1 is 0.950 bits per heavy atom. The molecule has 1 nitrogen and oxygen atoms in total. The van der Waals surface area contributed by atoms with E-state index < -0.39 is 0 Å². The number of hydrogen-bond donors (Lipinski definition) is 1. The fourth-order valence-electron chi connectivity index (χ4n) is 3.20. The highest BCUT2D eigenvalue weighted by Crippen LogP contribution is 2.33. The van der Waals surface area contributed by atoms with Crippen molar-refractivity contribution in [1.82, 2.24) is 0 Å². The van der Waals surface area contributed by atoms with Gasteiger partial charge in [0.05, 0.1) is 6.04 Å². The van der Waals surface area contributed by atoms with E-state index in [-0.39, 0.29) is 0 Å². The van der Waals surface area contributed by atoms with Crippen LogP contribution in [0.25, 0.3) is 0 Å². The van der Waals surface area contributed by atoms with E-state index >= 15 is 0 Å². The molecule has 0 fully saturated rings. The molecule has 1 unspecified atom stereocenters. The molecule has 2 aromatic carbocycles. The smallest absolute Gasteiger partial charge is 0.0516 e. The maximum atomic E-state index is 3.73. The summed E-state index contributed by atoms with van der Waals surface area (Å²) >= 11 is 0. The van der Waals surface area contributed by atoms with Crippen LogP contribution in [0.3, 0.4) is 0 Å². The summed E-state index contributed by atoms with van der Waals surface area (Å²) < 4.78 is 0. The van der Waals surface area contributed by atoms with Gasteiger partial charge < -0.3 is 5.32 Å². The molecule has 0 spiro atoms. The minimum absolute atomic E-state index is 0.454. The SMILES string of the molecule is Cc1ccc(NC2CCCCc3c(C)cccc32)cc1. The summed E-state index contributed by atoms with van der Waals surface area (Å²) in [7, 11) is 0. The van der Waals surface area contributed by atoms with E-state index in [1.807, 2.05) is 0 Å². The predicted molar refractivity (Wildman–Crippen MR) is 86.3 cm³/mol. The minimum atomic E-state index is 0.454. The van der Waals surface area contributed by atoms with Gasteiger partial charge in [-0.05, 0) is 61.9 Å². The monoisotopic (exact) mass is 265 g/mol. The molecule has 0 aromatic heterocycles. The van der Waals surface area contributed by atoms with Crippen molar-refractivity contribution < 1.29 is 0 Å². The zero-order chi connectivity index (χ0) is 13.9. The molecule has 0 saturated carbocycles. The Balaban J connectivity index is 1.90. The summed E-state index contributed by atoms with van der Waals surface area (Å²) in [6.07, 6.45) is 5.07. The molecule has 0 saturated heterocycles. The average molecular weight is 265 g/mol. The molecule has 2 aromatic rings. The van der Waals surface area contributed by atoms with Crippen molar-refractivity contribution in [2.45, 2.75) is 45.6 Å². The average Bonchev–Trinajstić information content (AvgIpc) is 2.65. The van der Waals surface area contributed by atoms with Crippen molar-refractivity contribution >= 4 is 5.69 Å². The first-order valence-electron chi connectivity index (χ1n) is 7.65. The van der Waals surface area contributed by atoms with Gasteiger partial charge in [-0.25, -0.2) is 0 Å². The zero-order valence-electron chi connectivity index (χ0n) is 12.4. The molecule has 0 radical (unpaired) electrons. The van der Waals surface area contributed by atoms with Crippen LogP contribution in [0.4, 0.5) is 5.69 Å². The minimum Gasteiger partial charge on any atom is -0.378 e. The third-order valence-corrected chi connectivity index (χ3v) is 4.38. The van der Waals surface area contributed by atoms with E-state index in [0.717, 1.165) is 0 Å². The van der Waals surface area contributed by atoms with Gasteiger partial charge >= 0.3 is 0 Å². The van der Waals surface area contributed by atoms with Crippen molar-refractivity contribution in [3.63, 3.8) is 0 Å². The van der Waals surface area contributed by atoms with Gasteiger partial charge in [0, 0.05) is 5.69 Å². The van der Waals surface area contributed by atoms with Gasteiger partial charge in [-0.2, -0.15) is 0 Å². The molecule has 20 heavy (non-hydrogen) atoms. The van der Waals surface area contributed by atoms with E-state index in [0.29, 0.717) is 6.04 Å². The first-order chi connectivity index (χ1) is 9.74. The van der Waals surface area contributed by atoms with Crippen LogP contribution in [0.2, 0.25) is 0 Å². The van der Waals surface area contributed by atoms with Crippen molar-refractivity contribution in [3.8, 4) is 0 Å². The van der Waals surface area contributed by atoms with Crippen LogP contribution in [-0.4, -0.2) is 0 Å². The van der Waals surface area contributed by atoms with Crippen LogP contribution in [-0.2, 0) is 6.42 Å². The number of nitrogens with one attached hydrogen (secondary N) is 1. The summed E-state index contributed by atoms with van der Waals surface area (Å²) in [5.41, 5.74) is 7.06. The number of aryl methyl sites for hydroxylation is 2. The molecule has 1 heteroatoms. The van der Waals surface area contributed by atoms with Crippen LogP contribution in [0, 0.1) is 13.8 Å². The normalized spacial score (nSPS) is 18.2. The lowest BCUT2D eigenvalue weighted by atomic mass is 9.95. The molecular formula is C19H23N. The Kier molecular flexibility index (Phi) is 3.77. The highest BCUT2D eigenvalue weighted by molar-refractivity contribution is 5.48. The molecule has 1 aliphatic carbocycles. The molecule has 0 bridgehead atoms. The van der Waals surface area contributed by atoms with E-state index in [1.54, 1.807) is 5.56 Å². The molecule has 1 atom stereocenters. The van der Waals surface area contributed by atoms with Crippen LogP contribution in [0.15, 0.2) is 42.5 Å². The second-order valence-corrected chi connectivity index (χ2v) is 5.95. The zero-order valence-corrected chi connectivity index (χ0v) is 12.4. The quantitative estimate of drug-likeness (QED) is 0.737. The number of hydrogen-bond acceptors (Lipinski definition) is 1. The number of rotatable bonds is 2. The van der Waals surface area contributed by atoms with Gasteiger partial charge in [-0.1, -0.05) is 42.3 Å². The summed E-state index contributed by atoms with van der Waals surface area (Å²) in [6.45, 7) is 4.38. The molecule has 0 heterocycles. The summed E-state index contributed by atoms with van der Waals surface area (Å²) in [6, 6.07) is 15.9. The first-order valence-corrected chi connectivity index (χ1v) is 7.65. The summed E-state index contributed by atoms with van der Waals surface area (Å²) in [5.74, 6) is 0. The van der Waals surface area contributed by atoms with E-state index in [4.69, 9.17) is 0 Å². The van der Waals surface area contributed by atoms with Crippen molar-refractivity contribution in [1.29, 1.82) is 0 Å². The largest absolute Gasteiger partial charge is 0.378 e. The first kappa shape index (κ1) is 13.2. The Morgan fingerprint density at radius 2 is 1.75 bits per heavy atom. The lowest BCUT2D eigenvalue weighted by Gasteiger charge is -2.21. The van der Waals surface area contributed by atoms with Crippen LogP contribution in [0.1, 0.15) is 47.6 Å². The molecule has 1 N–H and O–H groups in total. The molecule has 104 valence electrons. The van der Waals surface area contributed by atoms with Gasteiger partial charge in [0.1, 0.15) is 0 Å². The molecule has 1 aliphatic rings. The summed E-state index contributed by atoms with van der Waals surface area (Å²) in [5, 5.41) is 3.73. The molecule has 0 amide bonds. The lowest BCUT2D eigenvalue weighted by molar-refractivity contribution is 0.644. The molecule has 3 rings (SSSR count). The maximum Gasteiger partial charge on any atom is 0.0516 e. The lowest BCUT2D eigenvalue weighted by Crippen LogP contribution is -2.11. The van der Waals surface area contributed by atoms with E-state index in [9.17, 15) is 0 Å². The number of benzene rings is 2. The van der Waals surface area contributed by atoms with Gasteiger partial charge in [0.25, 0.3) is 0 Å². The second kappa shape index (κ2) is 5.70. The topological polar surface area (TPSA) is 12.0 Å². The maximum absolute atomic E-state index is 3.73. The Bertz CT molecular complexity index is 583. The summed E-state index contributed by atoms with van der Waals surface area (Å²) in [4.78, 5) is 0. The number of anilines is 1. The van der Waals surface area contributed by atoms with Crippen molar-refractivity contribution in [2.24, 2.45) is 0 Å². The van der Waals surface area contributed by atoms with E-state index in [2.05, 4.69) is 61.6 Å². The molecular weight excluding hydrogens is 242 g/mol. The third-order valence-electron chi connectivity index (χ3n) is 4.38. The van der Waals surface area contributed by atoms with E-state index in [1.165, 1.54) is 48.1 Å². The van der Waals surface area contributed by atoms with Gasteiger partial charge in [-0.3, -0.25) is 0 Å². The third kappa shape index (κ3) is 2.72. The Labute approximate surface area is 122 Å². The highest BCUT2D eigenvalue weighted by atomic mass is 14.9. The van der Waals surface area contributed by atoms with Crippen LogP contribution in [0.5, 0.6) is 0 Å². The van der Waals surface area contributed by atoms with Gasteiger partial charge in [0.15, 0.2) is 0 Å².